The lowest BCUT2D eigenvalue weighted by atomic mass is 9.94. The minimum atomic E-state index is -0.301. The molecule has 1 saturated heterocycles. The summed E-state index contributed by atoms with van der Waals surface area (Å²) in [6, 6.07) is 2.01. The molecule has 0 spiro atoms. The molecule has 0 unspecified atom stereocenters. The summed E-state index contributed by atoms with van der Waals surface area (Å²) in [6.45, 7) is 13.0. The maximum atomic E-state index is 12.3. The van der Waals surface area contributed by atoms with Crippen LogP contribution in [0, 0.1) is 19.3 Å². The fourth-order valence-electron chi connectivity index (χ4n) is 2.47. The Bertz CT molecular complexity index is 479. The number of hydrogen-bond acceptors (Lipinski definition) is 4. The van der Waals surface area contributed by atoms with Gasteiger partial charge in [0, 0.05) is 43.4 Å². The molecule has 0 aliphatic carbocycles. The Morgan fingerprint density at radius 3 is 2.20 bits per heavy atom. The van der Waals surface area contributed by atoms with E-state index in [4.69, 9.17) is 0 Å². The number of amides is 1. The van der Waals surface area contributed by atoms with Crippen molar-refractivity contribution in [2.24, 2.45) is 5.41 Å². The minimum Gasteiger partial charge on any atom is -0.353 e. The highest BCUT2D eigenvalue weighted by Crippen LogP contribution is 2.20. The van der Waals surface area contributed by atoms with E-state index in [0.717, 1.165) is 43.5 Å². The summed E-state index contributed by atoms with van der Waals surface area (Å²) in [6.07, 6.45) is 0. The van der Waals surface area contributed by atoms with E-state index in [1.54, 1.807) is 0 Å². The Morgan fingerprint density at radius 2 is 1.70 bits per heavy atom. The summed E-state index contributed by atoms with van der Waals surface area (Å²) in [5.74, 6) is 2.00. The zero-order chi connectivity index (χ0) is 14.9. The maximum absolute atomic E-state index is 12.3. The van der Waals surface area contributed by atoms with Gasteiger partial charge >= 0.3 is 0 Å². The van der Waals surface area contributed by atoms with Crippen LogP contribution in [0.4, 0.5) is 5.82 Å². The van der Waals surface area contributed by atoms with E-state index < -0.39 is 0 Å². The highest BCUT2D eigenvalue weighted by Gasteiger charge is 2.29. The van der Waals surface area contributed by atoms with Crippen LogP contribution in [0.25, 0.3) is 0 Å². The predicted molar refractivity (Wildman–Crippen MR) is 79.8 cm³/mol. The molecule has 1 aliphatic rings. The minimum absolute atomic E-state index is 0.229. The number of carbonyl (C=O) groups excluding carboxylic acids is 1. The zero-order valence-corrected chi connectivity index (χ0v) is 13.1. The van der Waals surface area contributed by atoms with Gasteiger partial charge < -0.3 is 9.80 Å². The van der Waals surface area contributed by atoms with Crippen LogP contribution in [0.1, 0.15) is 32.3 Å². The average molecular weight is 276 g/mol. The molecule has 110 valence electrons. The van der Waals surface area contributed by atoms with Gasteiger partial charge in [-0.2, -0.15) is 0 Å². The third-order valence-corrected chi connectivity index (χ3v) is 3.48. The zero-order valence-electron chi connectivity index (χ0n) is 13.1. The second-order valence-electron chi connectivity index (χ2n) is 6.44. The van der Waals surface area contributed by atoms with Crippen LogP contribution in [0.2, 0.25) is 0 Å². The summed E-state index contributed by atoms with van der Waals surface area (Å²) in [5.41, 5.74) is 0.685. The predicted octanol–water partition coefficient (Wildman–Crippen LogP) is 1.79. The van der Waals surface area contributed by atoms with Crippen LogP contribution in [0.5, 0.6) is 0 Å². The number of hydrogen-bond donors (Lipinski definition) is 0. The summed E-state index contributed by atoms with van der Waals surface area (Å²) in [5, 5.41) is 0. The Kier molecular flexibility index (Phi) is 3.97. The molecule has 0 aromatic carbocycles. The molecule has 0 bridgehead atoms. The van der Waals surface area contributed by atoms with Crippen molar-refractivity contribution in [1.82, 2.24) is 14.9 Å². The van der Waals surface area contributed by atoms with Crippen LogP contribution in [-0.4, -0.2) is 47.0 Å². The summed E-state index contributed by atoms with van der Waals surface area (Å²) < 4.78 is 0. The van der Waals surface area contributed by atoms with Gasteiger partial charge in [-0.3, -0.25) is 4.79 Å². The van der Waals surface area contributed by atoms with Crippen LogP contribution in [0.3, 0.4) is 0 Å². The molecule has 1 aliphatic heterocycles. The van der Waals surface area contributed by atoms with Crippen molar-refractivity contribution in [3.05, 3.63) is 17.6 Å². The first-order chi connectivity index (χ1) is 9.27. The number of rotatable bonds is 1. The number of piperazine rings is 1. The van der Waals surface area contributed by atoms with Crippen LogP contribution >= 0.6 is 0 Å². The molecule has 1 fully saturated rings. The van der Waals surface area contributed by atoms with Gasteiger partial charge in [0.2, 0.25) is 5.91 Å². The molecule has 1 aromatic rings. The fraction of sp³-hybridized carbons (Fsp3) is 0.667. The van der Waals surface area contributed by atoms with Crippen LogP contribution in [-0.2, 0) is 4.79 Å². The lowest BCUT2D eigenvalue weighted by Gasteiger charge is -2.38. The smallest absolute Gasteiger partial charge is 0.228 e. The Hall–Kier alpha value is -1.65. The van der Waals surface area contributed by atoms with Crippen molar-refractivity contribution < 1.29 is 4.79 Å². The molecule has 5 heteroatoms. The SMILES string of the molecule is Cc1cc(N2CCN(C(=O)C(C)(C)C)CC2)nc(C)n1. The van der Waals surface area contributed by atoms with Crippen molar-refractivity contribution in [2.45, 2.75) is 34.6 Å². The molecule has 20 heavy (non-hydrogen) atoms. The molecule has 1 aromatic heterocycles. The van der Waals surface area contributed by atoms with Gasteiger partial charge in [0.1, 0.15) is 11.6 Å². The second kappa shape index (κ2) is 5.38. The first-order valence-electron chi connectivity index (χ1n) is 7.14. The number of nitrogens with zero attached hydrogens (tertiary/aromatic N) is 4. The molecule has 0 radical (unpaired) electrons. The topological polar surface area (TPSA) is 49.3 Å². The Labute approximate surface area is 121 Å². The van der Waals surface area contributed by atoms with E-state index in [9.17, 15) is 4.79 Å². The molecule has 5 nitrogen and oxygen atoms in total. The normalized spacial score (nSPS) is 16.4. The molecule has 2 rings (SSSR count). The molecule has 0 atom stereocenters. The highest BCUT2D eigenvalue weighted by atomic mass is 16.2. The number of aryl methyl sites for hydroxylation is 2. The van der Waals surface area contributed by atoms with E-state index in [1.165, 1.54) is 0 Å². The third-order valence-electron chi connectivity index (χ3n) is 3.48. The van der Waals surface area contributed by atoms with Crippen molar-refractivity contribution in [2.75, 3.05) is 31.1 Å². The largest absolute Gasteiger partial charge is 0.353 e. The quantitative estimate of drug-likeness (QED) is 0.784. The van der Waals surface area contributed by atoms with E-state index in [2.05, 4.69) is 14.9 Å². The molecular weight excluding hydrogens is 252 g/mol. The van der Waals surface area contributed by atoms with Gasteiger partial charge in [-0.05, 0) is 13.8 Å². The van der Waals surface area contributed by atoms with Gasteiger partial charge in [-0.25, -0.2) is 9.97 Å². The first-order valence-corrected chi connectivity index (χ1v) is 7.14. The van der Waals surface area contributed by atoms with E-state index in [-0.39, 0.29) is 11.3 Å². The Balaban J connectivity index is 2.03. The van der Waals surface area contributed by atoms with Gasteiger partial charge in [0.15, 0.2) is 0 Å². The van der Waals surface area contributed by atoms with Gasteiger partial charge in [0.05, 0.1) is 0 Å². The summed E-state index contributed by atoms with van der Waals surface area (Å²) >= 11 is 0. The van der Waals surface area contributed by atoms with Gasteiger partial charge in [0.25, 0.3) is 0 Å². The van der Waals surface area contributed by atoms with Crippen molar-refractivity contribution in [3.63, 3.8) is 0 Å². The van der Waals surface area contributed by atoms with Crippen LogP contribution < -0.4 is 4.90 Å². The van der Waals surface area contributed by atoms with Crippen molar-refractivity contribution in [3.8, 4) is 0 Å². The monoisotopic (exact) mass is 276 g/mol. The van der Waals surface area contributed by atoms with Crippen molar-refractivity contribution in [1.29, 1.82) is 0 Å². The lowest BCUT2D eigenvalue weighted by molar-refractivity contribution is -0.139. The Morgan fingerprint density at radius 1 is 1.10 bits per heavy atom. The highest BCUT2D eigenvalue weighted by molar-refractivity contribution is 5.81. The summed E-state index contributed by atoms with van der Waals surface area (Å²) in [7, 11) is 0. The molecule has 1 amide bonds. The summed E-state index contributed by atoms with van der Waals surface area (Å²) in [4.78, 5) is 25.2. The van der Waals surface area contributed by atoms with E-state index in [1.807, 2.05) is 45.6 Å². The number of carbonyl (C=O) groups is 1. The average Bonchev–Trinajstić information content (AvgIpc) is 2.36. The van der Waals surface area contributed by atoms with Crippen LogP contribution in [0.15, 0.2) is 6.07 Å². The maximum Gasteiger partial charge on any atom is 0.228 e. The third kappa shape index (κ3) is 3.26. The van der Waals surface area contributed by atoms with E-state index in [0.29, 0.717) is 0 Å². The molecular formula is C15H24N4O. The lowest BCUT2D eigenvalue weighted by Crippen LogP contribution is -2.51. The molecule has 0 saturated carbocycles. The molecule has 2 heterocycles. The second-order valence-corrected chi connectivity index (χ2v) is 6.44. The van der Waals surface area contributed by atoms with Gasteiger partial charge in [-0.15, -0.1) is 0 Å². The fourth-order valence-corrected chi connectivity index (χ4v) is 2.47. The number of anilines is 1. The standard InChI is InChI=1S/C15H24N4O/c1-11-10-13(17-12(2)16-11)18-6-8-19(9-7-18)14(20)15(3,4)5/h10H,6-9H2,1-5H3. The van der Waals surface area contributed by atoms with Gasteiger partial charge in [-0.1, -0.05) is 20.8 Å². The number of aromatic nitrogens is 2. The molecule has 0 N–H and O–H groups in total. The first kappa shape index (κ1) is 14.8. The van der Waals surface area contributed by atoms with Crippen molar-refractivity contribution >= 4 is 11.7 Å². The van der Waals surface area contributed by atoms with E-state index >= 15 is 0 Å².